The Hall–Kier alpha value is -1.08. The van der Waals surface area contributed by atoms with Gasteiger partial charge >= 0.3 is 0 Å². The fourth-order valence-corrected chi connectivity index (χ4v) is 3.67. The highest BCUT2D eigenvalue weighted by Gasteiger charge is 2.39. The Bertz CT molecular complexity index is 363. The van der Waals surface area contributed by atoms with Gasteiger partial charge < -0.3 is 5.32 Å². The number of amides is 1. The van der Waals surface area contributed by atoms with Gasteiger partial charge in [0.1, 0.15) is 0 Å². The maximum atomic E-state index is 12.1. The molecule has 4 unspecified atom stereocenters. The first-order valence-corrected chi connectivity index (χ1v) is 7.54. The van der Waals surface area contributed by atoms with Crippen LogP contribution in [0.15, 0.2) is 0 Å². The number of hydrogen-bond donors (Lipinski definition) is 1. The van der Waals surface area contributed by atoms with E-state index in [1.165, 1.54) is 0 Å². The van der Waals surface area contributed by atoms with E-state index in [0.717, 1.165) is 45.1 Å². The number of likely N-dealkylation sites (tertiary alicyclic amines) is 1. The molecule has 1 N–H and O–H groups in total. The SMILES string of the molecule is CNC(=O)C1CCCCN1C1CC(C)CCC1C#N. The first kappa shape index (κ1) is 14.3. The van der Waals surface area contributed by atoms with Gasteiger partial charge in [-0.2, -0.15) is 5.26 Å². The lowest BCUT2D eigenvalue weighted by Gasteiger charge is -2.45. The fraction of sp³-hybridized carbons (Fsp3) is 0.867. The van der Waals surface area contributed by atoms with Crippen LogP contribution in [0.2, 0.25) is 0 Å². The highest BCUT2D eigenvalue weighted by atomic mass is 16.2. The van der Waals surface area contributed by atoms with Crippen LogP contribution in [0.25, 0.3) is 0 Å². The van der Waals surface area contributed by atoms with E-state index in [2.05, 4.69) is 23.2 Å². The number of likely N-dealkylation sites (N-methyl/N-ethyl adjacent to an activating group) is 1. The van der Waals surface area contributed by atoms with Gasteiger partial charge in [-0.25, -0.2) is 0 Å². The molecule has 106 valence electrons. The van der Waals surface area contributed by atoms with Gasteiger partial charge in [-0.05, 0) is 44.6 Å². The summed E-state index contributed by atoms with van der Waals surface area (Å²) in [6.45, 7) is 3.23. The second-order valence-electron chi connectivity index (χ2n) is 6.08. The van der Waals surface area contributed by atoms with E-state index in [9.17, 15) is 10.1 Å². The van der Waals surface area contributed by atoms with E-state index in [-0.39, 0.29) is 23.9 Å². The third-order valence-electron chi connectivity index (χ3n) is 4.76. The Labute approximate surface area is 116 Å². The van der Waals surface area contributed by atoms with Gasteiger partial charge in [-0.3, -0.25) is 9.69 Å². The van der Waals surface area contributed by atoms with Crippen LogP contribution < -0.4 is 5.32 Å². The van der Waals surface area contributed by atoms with Gasteiger partial charge in [0.15, 0.2) is 0 Å². The minimum atomic E-state index is -0.0232. The van der Waals surface area contributed by atoms with Crippen LogP contribution in [-0.2, 0) is 4.79 Å². The molecule has 19 heavy (non-hydrogen) atoms. The molecule has 4 heteroatoms. The highest BCUT2D eigenvalue weighted by Crippen LogP contribution is 2.35. The Balaban J connectivity index is 2.15. The zero-order valence-electron chi connectivity index (χ0n) is 12.1. The second kappa shape index (κ2) is 6.38. The number of nitrogens with zero attached hydrogens (tertiary/aromatic N) is 2. The topological polar surface area (TPSA) is 56.1 Å². The average Bonchev–Trinajstić information content (AvgIpc) is 2.46. The number of nitriles is 1. The van der Waals surface area contributed by atoms with E-state index in [1.54, 1.807) is 7.05 Å². The molecule has 1 aliphatic carbocycles. The smallest absolute Gasteiger partial charge is 0.237 e. The normalized spacial score (nSPS) is 36.5. The van der Waals surface area contributed by atoms with Crippen molar-refractivity contribution in [1.29, 1.82) is 5.26 Å². The Morgan fingerprint density at radius 2 is 2.11 bits per heavy atom. The van der Waals surface area contributed by atoms with Crippen molar-refractivity contribution in [3.8, 4) is 6.07 Å². The van der Waals surface area contributed by atoms with Gasteiger partial charge in [-0.15, -0.1) is 0 Å². The van der Waals surface area contributed by atoms with Crippen molar-refractivity contribution in [1.82, 2.24) is 10.2 Å². The molecule has 2 aliphatic rings. The summed E-state index contributed by atoms with van der Waals surface area (Å²) >= 11 is 0. The summed E-state index contributed by atoms with van der Waals surface area (Å²) < 4.78 is 0. The molecule has 0 aromatic rings. The van der Waals surface area contributed by atoms with Crippen molar-refractivity contribution in [3.05, 3.63) is 0 Å². The summed E-state index contributed by atoms with van der Waals surface area (Å²) in [5.41, 5.74) is 0. The largest absolute Gasteiger partial charge is 0.358 e. The molecule has 0 aromatic heterocycles. The van der Waals surface area contributed by atoms with Crippen LogP contribution >= 0.6 is 0 Å². The molecule has 0 radical (unpaired) electrons. The van der Waals surface area contributed by atoms with Gasteiger partial charge in [0, 0.05) is 13.1 Å². The summed E-state index contributed by atoms with van der Waals surface area (Å²) in [5.74, 6) is 0.887. The molecule has 0 bridgehead atoms. The van der Waals surface area contributed by atoms with Gasteiger partial charge in [0.25, 0.3) is 0 Å². The number of nitrogens with one attached hydrogen (secondary N) is 1. The zero-order valence-corrected chi connectivity index (χ0v) is 12.1. The molecular weight excluding hydrogens is 238 g/mol. The number of carbonyl (C=O) groups is 1. The van der Waals surface area contributed by atoms with Crippen molar-refractivity contribution >= 4 is 5.91 Å². The van der Waals surface area contributed by atoms with Crippen molar-refractivity contribution in [3.63, 3.8) is 0 Å². The van der Waals surface area contributed by atoms with E-state index >= 15 is 0 Å². The van der Waals surface area contributed by atoms with Crippen molar-refractivity contribution < 1.29 is 4.79 Å². The maximum Gasteiger partial charge on any atom is 0.237 e. The molecule has 0 aromatic carbocycles. The minimum absolute atomic E-state index is 0.0232. The second-order valence-corrected chi connectivity index (χ2v) is 6.08. The molecule has 4 nitrogen and oxygen atoms in total. The molecule has 1 heterocycles. The minimum Gasteiger partial charge on any atom is -0.358 e. The quantitative estimate of drug-likeness (QED) is 0.828. The van der Waals surface area contributed by atoms with Crippen LogP contribution in [0.5, 0.6) is 0 Å². The lowest BCUT2D eigenvalue weighted by molar-refractivity contribution is -0.129. The number of hydrogen-bond acceptors (Lipinski definition) is 3. The third kappa shape index (κ3) is 3.09. The summed E-state index contributed by atoms with van der Waals surface area (Å²) in [4.78, 5) is 14.4. The molecule has 1 saturated heterocycles. The summed E-state index contributed by atoms with van der Waals surface area (Å²) in [6.07, 6.45) is 6.39. The van der Waals surface area contributed by atoms with Crippen molar-refractivity contribution in [2.45, 2.75) is 57.5 Å². The van der Waals surface area contributed by atoms with E-state index < -0.39 is 0 Å². The predicted octanol–water partition coefficient (Wildman–Crippen LogP) is 1.92. The van der Waals surface area contributed by atoms with Crippen molar-refractivity contribution in [2.75, 3.05) is 13.6 Å². The van der Waals surface area contributed by atoms with Crippen LogP contribution in [0.3, 0.4) is 0 Å². The molecule has 1 saturated carbocycles. The van der Waals surface area contributed by atoms with E-state index in [0.29, 0.717) is 5.92 Å². The van der Waals surface area contributed by atoms with Crippen LogP contribution in [0, 0.1) is 23.2 Å². The molecule has 2 rings (SSSR count). The van der Waals surface area contributed by atoms with Gasteiger partial charge in [0.2, 0.25) is 5.91 Å². The highest BCUT2D eigenvalue weighted by molar-refractivity contribution is 5.81. The molecule has 1 amide bonds. The Morgan fingerprint density at radius 3 is 2.79 bits per heavy atom. The average molecular weight is 263 g/mol. The number of rotatable bonds is 2. The van der Waals surface area contributed by atoms with Crippen LogP contribution in [-0.4, -0.2) is 36.5 Å². The van der Waals surface area contributed by atoms with E-state index in [1.807, 2.05) is 0 Å². The summed E-state index contributed by atoms with van der Waals surface area (Å²) in [7, 11) is 1.71. The lowest BCUT2D eigenvalue weighted by atomic mass is 9.77. The van der Waals surface area contributed by atoms with Crippen molar-refractivity contribution in [2.24, 2.45) is 11.8 Å². The lowest BCUT2D eigenvalue weighted by Crippen LogP contribution is -2.56. The van der Waals surface area contributed by atoms with Gasteiger partial charge in [-0.1, -0.05) is 13.3 Å². The first-order chi connectivity index (χ1) is 9.17. The third-order valence-corrected chi connectivity index (χ3v) is 4.76. The monoisotopic (exact) mass is 263 g/mol. The molecular formula is C15H25N3O. The Kier molecular flexibility index (Phi) is 4.81. The molecule has 2 fully saturated rings. The Morgan fingerprint density at radius 1 is 1.32 bits per heavy atom. The summed E-state index contributed by atoms with van der Waals surface area (Å²) in [5, 5.41) is 12.2. The number of carbonyl (C=O) groups excluding carboxylic acids is 1. The standard InChI is InChI=1S/C15H25N3O/c1-11-6-7-12(10-16)14(9-11)18-8-4-3-5-13(18)15(19)17-2/h11-14H,3-9H2,1-2H3,(H,17,19). The summed E-state index contributed by atoms with van der Waals surface area (Å²) in [6, 6.07) is 2.73. The van der Waals surface area contributed by atoms with Gasteiger partial charge in [0.05, 0.1) is 18.0 Å². The first-order valence-electron chi connectivity index (χ1n) is 7.54. The van der Waals surface area contributed by atoms with Crippen LogP contribution in [0.4, 0.5) is 0 Å². The maximum absolute atomic E-state index is 12.1. The molecule has 4 atom stereocenters. The predicted molar refractivity (Wildman–Crippen MR) is 74.3 cm³/mol. The van der Waals surface area contributed by atoms with Crippen LogP contribution in [0.1, 0.15) is 45.4 Å². The molecule has 0 spiro atoms. The number of piperidine rings is 1. The fourth-order valence-electron chi connectivity index (χ4n) is 3.67. The molecule has 1 aliphatic heterocycles. The zero-order chi connectivity index (χ0) is 13.8. The van der Waals surface area contributed by atoms with E-state index in [4.69, 9.17) is 0 Å².